The summed E-state index contributed by atoms with van der Waals surface area (Å²) in [6.07, 6.45) is 2.06. The summed E-state index contributed by atoms with van der Waals surface area (Å²) < 4.78 is 5.66. The Balaban J connectivity index is 2.49. The average Bonchev–Trinajstić information content (AvgIpc) is 2.50. The van der Waals surface area contributed by atoms with Crippen LogP contribution in [0.4, 0.5) is 4.79 Å². The van der Waals surface area contributed by atoms with E-state index in [1.54, 1.807) is 0 Å². The van der Waals surface area contributed by atoms with Gasteiger partial charge >= 0.3 is 6.09 Å². The Labute approximate surface area is 80.2 Å². The predicted octanol–water partition coefficient (Wildman–Crippen LogP) is 1.65. The van der Waals surface area contributed by atoms with Gasteiger partial charge in [-0.25, -0.2) is 4.79 Å². The molecular formula is C7H12INO2. The summed E-state index contributed by atoms with van der Waals surface area (Å²) >= 11 is 2.30. The van der Waals surface area contributed by atoms with Crippen molar-refractivity contribution in [2.75, 3.05) is 18.1 Å². The smallest absolute Gasteiger partial charge is 0.409 e. The third kappa shape index (κ3) is 1.98. The molecule has 1 aliphatic heterocycles. The molecule has 0 aliphatic carbocycles. The monoisotopic (exact) mass is 269 g/mol. The van der Waals surface area contributed by atoms with Crippen molar-refractivity contribution in [1.29, 1.82) is 0 Å². The standard InChI is InChI=1S/C7H12INO2/c1-11-7(10)9-4-2-3-6(9)5-8/h6H,2-5H2,1H3/t6-/m1/s1. The molecule has 1 atom stereocenters. The summed E-state index contributed by atoms with van der Waals surface area (Å²) in [6, 6.07) is 0.406. The van der Waals surface area contributed by atoms with Gasteiger partial charge in [0.15, 0.2) is 0 Å². The lowest BCUT2D eigenvalue weighted by Crippen LogP contribution is -2.36. The first-order valence-electron chi connectivity index (χ1n) is 3.70. The first-order chi connectivity index (χ1) is 5.29. The number of ether oxygens (including phenoxy) is 1. The zero-order valence-electron chi connectivity index (χ0n) is 6.55. The zero-order valence-corrected chi connectivity index (χ0v) is 8.70. The van der Waals surface area contributed by atoms with Crippen LogP contribution >= 0.6 is 22.6 Å². The van der Waals surface area contributed by atoms with Crippen LogP contribution in [-0.4, -0.2) is 35.1 Å². The van der Waals surface area contributed by atoms with Crippen LogP contribution in [0, 0.1) is 0 Å². The van der Waals surface area contributed by atoms with Gasteiger partial charge in [0.25, 0.3) is 0 Å². The molecule has 64 valence electrons. The minimum atomic E-state index is -0.177. The van der Waals surface area contributed by atoms with Crippen molar-refractivity contribution >= 4 is 28.7 Å². The Kier molecular flexibility index (Phi) is 3.42. The Morgan fingerprint density at radius 2 is 2.55 bits per heavy atom. The summed E-state index contributed by atoms with van der Waals surface area (Å²) in [5, 5.41) is 0. The second-order valence-electron chi connectivity index (χ2n) is 2.61. The molecule has 1 saturated heterocycles. The van der Waals surface area contributed by atoms with Crippen LogP contribution in [0.15, 0.2) is 0 Å². The number of methoxy groups -OCH3 is 1. The summed E-state index contributed by atoms with van der Waals surface area (Å²) in [5.74, 6) is 0. The minimum Gasteiger partial charge on any atom is -0.453 e. The van der Waals surface area contributed by atoms with Crippen molar-refractivity contribution in [2.24, 2.45) is 0 Å². The van der Waals surface area contributed by atoms with Crippen molar-refractivity contribution in [3.63, 3.8) is 0 Å². The normalized spacial score (nSPS) is 23.8. The fourth-order valence-electron chi connectivity index (χ4n) is 1.35. The van der Waals surface area contributed by atoms with Gasteiger partial charge in [0, 0.05) is 17.0 Å². The molecule has 1 aliphatic rings. The third-order valence-corrected chi connectivity index (χ3v) is 2.98. The van der Waals surface area contributed by atoms with Crippen molar-refractivity contribution in [3.8, 4) is 0 Å². The molecule has 0 aromatic rings. The number of amides is 1. The van der Waals surface area contributed by atoms with Gasteiger partial charge in [-0.2, -0.15) is 0 Å². The zero-order chi connectivity index (χ0) is 8.27. The van der Waals surface area contributed by atoms with E-state index in [2.05, 4.69) is 27.3 Å². The summed E-state index contributed by atoms with van der Waals surface area (Å²) in [6.45, 7) is 0.861. The molecule has 1 amide bonds. The molecule has 0 saturated carbocycles. The van der Waals surface area contributed by atoms with Crippen LogP contribution in [0.25, 0.3) is 0 Å². The van der Waals surface area contributed by atoms with Crippen LogP contribution in [0.3, 0.4) is 0 Å². The highest BCUT2D eigenvalue weighted by atomic mass is 127. The topological polar surface area (TPSA) is 29.5 Å². The van der Waals surface area contributed by atoms with E-state index in [-0.39, 0.29) is 6.09 Å². The lowest BCUT2D eigenvalue weighted by molar-refractivity contribution is 0.123. The van der Waals surface area contributed by atoms with Gasteiger partial charge in [-0.3, -0.25) is 0 Å². The number of alkyl halides is 1. The number of carbonyl (C=O) groups excluding carboxylic acids is 1. The maximum atomic E-state index is 11.1. The van der Waals surface area contributed by atoms with Gasteiger partial charge in [0.2, 0.25) is 0 Å². The van der Waals surface area contributed by atoms with Gasteiger partial charge < -0.3 is 9.64 Å². The fourth-order valence-corrected chi connectivity index (χ4v) is 2.27. The molecule has 0 N–H and O–H groups in total. The van der Waals surface area contributed by atoms with Crippen molar-refractivity contribution < 1.29 is 9.53 Å². The van der Waals surface area contributed by atoms with E-state index in [9.17, 15) is 4.79 Å². The Morgan fingerprint density at radius 3 is 3.09 bits per heavy atom. The highest BCUT2D eigenvalue weighted by Gasteiger charge is 2.27. The number of halogens is 1. The summed E-state index contributed by atoms with van der Waals surface area (Å²) in [4.78, 5) is 12.9. The van der Waals surface area contributed by atoms with Crippen LogP contribution < -0.4 is 0 Å². The third-order valence-electron chi connectivity index (χ3n) is 1.96. The van der Waals surface area contributed by atoms with Crippen LogP contribution in [0.2, 0.25) is 0 Å². The van der Waals surface area contributed by atoms with Gasteiger partial charge in [-0.15, -0.1) is 0 Å². The van der Waals surface area contributed by atoms with Crippen molar-refractivity contribution in [3.05, 3.63) is 0 Å². The average molecular weight is 269 g/mol. The summed E-state index contributed by atoms with van der Waals surface area (Å²) in [5.41, 5.74) is 0. The Bertz CT molecular complexity index is 151. The molecule has 1 rings (SSSR count). The molecule has 1 heterocycles. The molecule has 11 heavy (non-hydrogen) atoms. The highest BCUT2D eigenvalue weighted by molar-refractivity contribution is 14.1. The Hall–Kier alpha value is 0. The second-order valence-corrected chi connectivity index (χ2v) is 3.49. The van der Waals surface area contributed by atoms with Crippen LogP contribution in [-0.2, 0) is 4.74 Å². The van der Waals surface area contributed by atoms with Crippen LogP contribution in [0.1, 0.15) is 12.8 Å². The van der Waals surface area contributed by atoms with Crippen molar-refractivity contribution in [2.45, 2.75) is 18.9 Å². The predicted molar refractivity (Wildman–Crippen MR) is 51.0 cm³/mol. The molecule has 0 bridgehead atoms. The molecule has 1 fully saturated rings. The number of carbonyl (C=O) groups is 1. The number of rotatable bonds is 1. The second kappa shape index (κ2) is 4.13. The van der Waals surface area contributed by atoms with E-state index >= 15 is 0 Å². The number of hydrogen-bond donors (Lipinski definition) is 0. The molecule has 0 spiro atoms. The molecule has 4 heteroatoms. The van der Waals surface area contributed by atoms with E-state index in [4.69, 9.17) is 0 Å². The fraction of sp³-hybridized carbons (Fsp3) is 0.857. The van der Waals surface area contributed by atoms with Gasteiger partial charge in [-0.05, 0) is 12.8 Å². The van der Waals surface area contributed by atoms with Crippen molar-refractivity contribution in [1.82, 2.24) is 4.90 Å². The maximum Gasteiger partial charge on any atom is 0.409 e. The van der Waals surface area contributed by atoms with E-state index in [0.717, 1.165) is 23.8 Å². The van der Waals surface area contributed by atoms with Gasteiger partial charge in [0.1, 0.15) is 0 Å². The summed E-state index contributed by atoms with van der Waals surface area (Å²) in [7, 11) is 1.44. The highest BCUT2D eigenvalue weighted by Crippen LogP contribution is 2.19. The molecular weight excluding hydrogens is 257 g/mol. The number of likely N-dealkylation sites (tertiary alicyclic amines) is 1. The lowest BCUT2D eigenvalue weighted by atomic mass is 10.2. The van der Waals surface area contributed by atoms with Gasteiger partial charge in [-0.1, -0.05) is 22.6 Å². The minimum absolute atomic E-state index is 0.177. The van der Waals surface area contributed by atoms with Crippen LogP contribution in [0.5, 0.6) is 0 Å². The molecule has 0 aromatic heterocycles. The molecule has 0 unspecified atom stereocenters. The number of nitrogens with zero attached hydrogens (tertiary/aromatic N) is 1. The van der Waals surface area contributed by atoms with E-state index in [1.807, 2.05) is 4.90 Å². The molecule has 3 nitrogen and oxygen atoms in total. The Morgan fingerprint density at radius 1 is 1.82 bits per heavy atom. The molecule has 0 radical (unpaired) electrons. The quantitative estimate of drug-likeness (QED) is 0.535. The largest absolute Gasteiger partial charge is 0.453 e. The SMILES string of the molecule is COC(=O)N1CCC[C@@H]1CI. The van der Waals surface area contributed by atoms with E-state index in [1.165, 1.54) is 7.11 Å². The maximum absolute atomic E-state index is 11.1. The van der Waals surface area contributed by atoms with Gasteiger partial charge in [0.05, 0.1) is 7.11 Å². The molecule has 0 aromatic carbocycles. The first kappa shape index (κ1) is 9.09. The van der Waals surface area contributed by atoms with E-state index < -0.39 is 0 Å². The number of hydrogen-bond acceptors (Lipinski definition) is 2. The lowest BCUT2D eigenvalue weighted by Gasteiger charge is -2.20. The first-order valence-corrected chi connectivity index (χ1v) is 5.22. The van der Waals surface area contributed by atoms with E-state index in [0.29, 0.717) is 6.04 Å².